The van der Waals surface area contributed by atoms with Crippen molar-refractivity contribution in [2.24, 2.45) is 0 Å². The van der Waals surface area contributed by atoms with Crippen LogP contribution in [0.25, 0.3) is 0 Å². The highest BCUT2D eigenvalue weighted by Gasteiger charge is 2.22. The molecule has 348 valence electrons. The number of phosphoric acid groups is 1. The highest BCUT2D eigenvalue weighted by molar-refractivity contribution is 7.45. The van der Waals surface area contributed by atoms with Crippen LogP contribution in [0.5, 0.6) is 0 Å². The van der Waals surface area contributed by atoms with E-state index in [0.29, 0.717) is 36.7 Å². The van der Waals surface area contributed by atoms with Crippen molar-refractivity contribution in [3.8, 4) is 0 Å². The van der Waals surface area contributed by atoms with Gasteiger partial charge in [-0.05, 0) is 64.2 Å². The van der Waals surface area contributed by atoms with Crippen LogP contribution < -0.4 is 4.89 Å². The van der Waals surface area contributed by atoms with Crippen LogP contribution in [0.2, 0.25) is 0 Å². The number of ether oxygens (including phenoxy) is 2. The number of esters is 2. The van der Waals surface area contributed by atoms with Crippen LogP contribution in [0.1, 0.15) is 168 Å². The average molecular weight is 868 g/mol. The zero-order valence-electron chi connectivity index (χ0n) is 38.4. The third-order valence-corrected chi connectivity index (χ3v) is 10.7. The molecule has 0 heterocycles. The number of unbranched alkanes of at least 4 members (excludes halogenated alkanes) is 16. The Morgan fingerprint density at radius 2 is 1.12 bits per heavy atom. The smallest absolute Gasteiger partial charge is 0.306 e. The van der Waals surface area contributed by atoms with Crippen LogP contribution in [0.4, 0.5) is 0 Å². The SMILES string of the molecule is CCCCC/C=C\C[C@@H](O)/C=C/C=C/C=C\[C@@H](O)CCCC(=O)OC[C@H](COP(=O)([O-])OCC[N+](C)(C)C)OC(=O)CCCCCCCCC/C=C\CCCCCCCC. The van der Waals surface area contributed by atoms with Crippen LogP contribution in [-0.4, -0.2) is 92.5 Å². The van der Waals surface area contributed by atoms with Gasteiger partial charge in [0.1, 0.15) is 19.8 Å². The number of carbonyl (C=O) groups is 2. The van der Waals surface area contributed by atoms with E-state index in [2.05, 4.69) is 32.1 Å². The normalized spacial score (nSPS) is 15.1. The van der Waals surface area contributed by atoms with Gasteiger partial charge in [-0.3, -0.25) is 14.2 Å². The number of phosphoric ester groups is 1. The standard InChI is InChI=1S/C48H86NO10P/c1-6-8-10-12-14-15-16-17-18-19-20-21-22-23-24-26-32-38-48(53)59-46(43-58-60(54,55)57-41-40-49(3,4)5)42-56-47(52)39-33-37-45(51)36-31-28-27-30-35-44(50)34-29-25-13-11-9-7-2/h17-18,25,27-31,35-36,44-46,50-51H,6-16,19-24,26,32-34,37-43H2,1-5H3/b18-17-,28-27+,29-25-,35-30+,36-31-/t44-,45-,46-/m1/s1. The molecule has 4 atom stereocenters. The number of hydrogen-bond acceptors (Lipinski definition) is 10. The minimum atomic E-state index is -4.69. The van der Waals surface area contributed by atoms with E-state index in [0.717, 1.165) is 32.1 Å². The largest absolute Gasteiger partial charge is 0.756 e. The molecule has 0 fully saturated rings. The molecular weight excluding hydrogens is 781 g/mol. The van der Waals surface area contributed by atoms with Crippen LogP contribution in [-0.2, 0) is 32.7 Å². The van der Waals surface area contributed by atoms with E-state index in [1.807, 2.05) is 27.2 Å². The number of nitrogens with zero attached hydrogens (tertiary/aromatic N) is 1. The summed E-state index contributed by atoms with van der Waals surface area (Å²) in [6.07, 6.45) is 40.2. The van der Waals surface area contributed by atoms with Gasteiger partial charge in [0.15, 0.2) is 6.10 Å². The third kappa shape index (κ3) is 42.3. The quantitative estimate of drug-likeness (QED) is 0.0152. The molecular formula is C48H86NO10P. The van der Waals surface area contributed by atoms with Gasteiger partial charge < -0.3 is 38.1 Å². The fourth-order valence-corrected chi connectivity index (χ4v) is 6.69. The summed E-state index contributed by atoms with van der Waals surface area (Å²) in [5, 5.41) is 20.3. The van der Waals surface area contributed by atoms with Gasteiger partial charge in [-0.2, -0.15) is 0 Å². The van der Waals surface area contributed by atoms with Crippen molar-refractivity contribution >= 4 is 19.8 Å². The Morgan fingerprint density at radius 3 is 1.72 bits per heavy atom. The van der Waals surface area contributed by atoms with Gasteiger partial charge in [0, 0.05) is 12.8 Å². The molecule has 0 radical (unpaired) electrons. The molecule has 0 aromatic rings. The van der Waals surface area contributed by atoms with Gasteiger partial charge >= 0.3 is 11.9 Å². The minimum absolute atomic E-state index is 0.0140. The summed E-state index contributed by atoms with van der Waals surface area (Å²) in [4.78, 5) is 37.6. The number of aliphatic hydroxyl groups excluding tert-OH is 2. The molecule has 12 heteroatoms. The van der Waals surface area contributed by atoms with E-state index in [1.165, 1.54) is 83.5 Å². The summed E-state index contributed by atoms with van der Waals surface area (Å²) in [6, 6.07) is 0. The van der Waals surface area contributed by atoms with Crippen molar-refractivity contribution in [2.45, 2.75) is 186 Å². The molecule has 0 spiro atoms. The molecule has 60 heavy (non-hydrogen) atoms. The van der Waals surface area contributed by atoms with Crippen LogP contribution in [0.15, 0.2) is 60.8 Å². The van der Waals surface area contributed by atoms with Gasteiger partial charge in [-0.25, -0.2) is 0 Å². The van der Waals surface area contributed by atoms with Gasteiger partial charge in [0.05, 0.1) is 40.0 Å². The van der Waals surface area contributed by atoms with E-state index in [4.69, 9.17) is 18.5 Å². The monoisotopic (exact) mass is 868 g/mol. The fourth-order valence-electron chi connectivity index (χ4n) is 5.96. The Kier molecular flexibility index (Phi) is 37.9. The molecule has 0 rings (SSSR count). The molecule has 0 aliphatic heterocycles. The van der Waals surface area contributed by atoms with Gasteiger partial charge in [0.25, 0.3) is 7.82 Å². The Morgan fingerprint density at radius 1 is 0.617 bits per heavy atom. The lowest BCUT2D eigenvalue weighted by Gasteiger charge is -2.28. The van der Waals surface area contributed by atoms with Gasteiger partial charge in [-0.15, -0.1) is 0 Å². The van der Waals surface area contributed by atoms with Crippen LogP contribution >= 0.6 is 7.82 Å². The minimum Gasteiger partial charge on any atom is -0.756 e. The van der Waals surface area contributed by atoms with Crippen LogP contribution in [0.3, 0.4) is 0 Å². The maximum atomic E-state index is 12.7. The van der Waals surface area contributed by atoms with Crippen molar-refractivity contribution in [3.63, 3.8) is 0 Å². The molecule has 0 saturated heterocycles. The first-order chi connectivity index (χ1) is 28.8. The third-order valence-electron chi connectivity index (χ3n) is 9.70. The first kappa shape index (κ1) is 57.6. The molecule has 1 unspecified atom stereocenters. The summed E-state index contributed by atoms with van der Waals surface area (Å²) < 4.78 is 33.7. The fraction of sp³-hybridized carbons (Fsp3) is 0.750. The van der Waals surface area contributed by atoms with Crippen LogP contribution in [0, 0.1) is 0 Å². The highest BCUT2D eigenvalue weighted by atomic mass is 31.2. The maximum Gasteiger partial charge on any atom is 0.306 e. The summed E-state index contributed by atoms with van der Waals surface area (Å²) in [5.41, 5.74) is 0. The summed E-state index contributed by atoms with van der Waals surface area (Å²) in [5.74, 6) is -1.08. The number of carbonyl (C=O) groups excluding carboxylic acids is 2. The summed E-state index contributed by atoms with van der Waals surface area (Å²) in [6.45, 7) is 3.87. The second kappa shape index (κ2) is 39.5. The van der Waals surface area contributed by atoms with Crippen molar-refractivity contribution in [2.75, 3.05) is 47.5 Å². The number of rotatable bonds is 41. The first-order valence-corrected chi connectivity index (χ1v) is 24.7. The molecule has 0 aliphatic rings. The van der Waals surface area contributed by atoms with Crippen molar-refractivity contribution in [1.29, 1.82) is 0 Å². The van der Waals surface area contributed by atoms with E-state index >= 15 is 0 Å². The molecule has 0 saturated carbocycles. The first-order valence-electron chi connectivity index (χ1n) is 23.2. The van der Waals surface area contributed by atoms with E-state index < -0.39 is 44.7 Å². The zero-order valence-corrected chi connectivity index (χ0v) is 39.3. The Hall–Kier alpha value is -2.37. The summed E-state index contributed by atoms with van der Waals surface area (Å²) >= 11 is 0. The highest BCUT2D eigenvalue weighted by Crippen LogP contribution is 2.38. The van der Waals surface area contributed by atoms with Crippen molar-refractivity contribution in [1.82, 2.24) is 0 Å². The van der Waals surface area contributed by atoms with E-state index in [-0.39, 0.29) is 26.1 Å². The average Bonchev–Trinajstić information content (AvgIpc) is 3.19. The van der Waals surface area contributed by atoms with E-state index in [9.17, 15) is 29.3 Å². The second-order valence-corrected chi connectivity index (χ2v) is 18.2. The number of quaternary nitrogens is 1. The zero-order chi connectivity index (χ0) is 44.6. The number of aliphatic hydroxyl groups is 2. The molecule has 2 N–H and O–H groups in total. The Bertz CT molecular complexity index is 1240. The lowest BCUT2D eigenvalue weighted by molar-refractivity contribution is -0.870. The molecule has 0 aromatic heterocycles. The lowest BCUT2D eigenvalue weighted by Crippen LogP contribution is -2.37. The van der Waals surface area contributed by atoms with Crippen molar-refractivity contribution < 1.29 is 52.3 Å². The Labute approximate surface area is 365 Å². The topological polar surface area (TPSA) is 152 Å². The van der Waals surface area contributed by atoms with Crippen molar-refractivity contribution in [3.05, 3.63) is 60.8 Å². The lowest BCUT2D eigenvalue weighted by atomic mass is 10.1. The number of allylic oxidation sites excluding steroid dienone is 7. The molecule has 0 aliphatic carbocycles. The second-order valence-electron chi connectivity index (χ2n) is 16.8. The maximum absolute atomic E-state index is 12.7. The summed E-state index contributed by atoms with van der Waals surface area (Å²) in [7, 11) is 1.02. The molecule has 0 bridgehead atoms. The molecule has 0 aromatic carbocycles. The van der Waals surface area contributed by atoms with Gasteiger partial charge in [-0.1, -0.05) is 152 Å². The Balaban J connectivity index is 4.59. The van der Waals surface area contributed by atoms with E-state index in [1.54, 1.807) is 36.5 Å². The van der Waals surface area contributed by atoms with Gasteiger partial charge in [0.2, 0.25) is 0 Å². The molecule has 0 amide bonds. The predicted octanol–water partition coefficient (Wildman–Crippen LogP) is 10.6. The number of hydrogen-bond donors (Lipinski definition) is 2. The number of likely N-dealkylation sites (N-methyl/N-ethyl adjacent to an activating group) is 1. The predicted molar refractivity (Wildman–Crippen MR) is 243 cm³/mol. The molecule has 11 nitrogen and oxygen atoms in total.